The van der Waals surface area contributed by atoms with Crippen molar-refractivity contribution >= 4 is 48.8 Å². The van der Waals surface area contributed by atoms with E-state index in [0.717, 1.165) is 12.1 Å². The third-order valence-corrected chi connectivity index (χ3v) is 6.05. The van der Waals surface area contributed by atoms with Gasteiger partial charge in [-0.05, 0) is 62.2 Å². The third-order valence-electron chi connectivity index (χ3n) is 6.05. The number of aryl methyl sites for hydroxylation is 1. The Bertz CT molecular complexity index is 1260. The molecular formula is C26H25N. The molecule has 5 rings (SSSR count). The molecule has 0 aromatic heterocycles. The number of hydrogen-bond acceptors (Lipinski definition) is 1. The van der Waals surface area contributed by atoms with Gasteiger partial charge in [-0.1, -0.05) is 80.8 Å². The fourth-order valence-electron chi connectivity index (χ4n) is 4.78. The van der Waals surface area contributed by atoms with Gasteiger partial charge in [-0.3, -0.25) is 0 Å². The first kappa shape index (κ1) is 16.4. The van der Waals surface area contributed by atoms with Crippen LogP contribution in [0.3, 0.4) is 0 Å². The van der Waals surface area contributed by atoms with Gasteiger partial charge in [0, 0.05) is 11.1 Å². The van der Waals surface area contributed by atoms with E-state index in [2.05, 4.69) is 67.6 Å². The molecule has 0 bridgehead atoms. The highest BCUT2D eigenvalue weighted by Gasteiger charge is 2.16. The Morgan fingerprint density at radius 2 is 1.33 bits per heavy atom. The van der Waals surface area contributed by atoms with E-state index in [9.17, 15) is 0 Å². The van der Waals surface area contributed by atoms with Gasteiger partial charge in [0.2, 0.25) is 0 Å². The summed E-state index contributed by atoms with van der Waals surface area (Å²) in [5.41, 5.74) is 8.87. The van der Waals surface area contributed by atoms with E-state index in [1.165, 1.54) is 74.3 Å². The van der Waals surface area contributed by atoms with Gasteiger partial charge >= 0.3 is 0 Å². The van der Waals surface area contributed by atoms with Crippen molar-refractivity contribution in [1.29, 1.82) is 0 Å². The van der Waals surface area contributed by atoms with Crippen LogP contribution in [0, 0.1) is 0 Å². The Hall–Kier alpha value is -2.80. The number of unbranched alkanes of at least 4 members (excludes halogenated alkanes) is 3. The van der Waals surface area contributed by atoms with Crippen LogP contribution in [0.25, 0.3) is 43.1 Å². The maximum atomic E-state index is 6.52. The Balaban J connectivity index is 1.92. The topological polar surface area (TPSA) is 26.0 Å². The van der Waals surface area contributed by atoms with Gasteiger partial charge in [0.25, 0.3) is 0 Å². The van der Waals surface area contributed by atoms with Crippen LogP contribution in [0.1, 0.15) is 38.2 Å². The summed E-state index contributed by atoms with van der Waals surface area (Å²) in [5.74, 6) is 0. The SMILES string of the molecule is CCCCCCc1ccc2ccc(N)c3c4cccc5cccc(c1c23)c54. The zero-order valence-corrected chi connectivity index (χ0v) is 15.9. The van der Waals surface area contributed by atoms with Crippen LogP contribution in [0.2, 0.25) is 0 Å². The fraction of sp³-hybridized carbons (Fsp3) is 0.231. The Labute approximate surface area is 160 Å². The molecule has 0 radical (unpaired) electrons. The van der Waals surface area contributed by atoms with Gasteiger partial charge in [-0.25, -0.2) is 0 Å². The number of rotatable bonds is 5. The minimum atomic E-state index is 0.883. The first-order valence-corrected chi connectivity index (χ1v) is 10.2. The van der Waals surface area contributed by atoms with Gasteiger partial charge in [0.05, 0.1) is 0 Å². The number of nitrogens with two attached hydrogens (primary N) is 1. The number of anilines is 1. The van der Waals surface area contributed by atoms with Crippen LogP contribution in [0.15, 0.2) is 60.7 Å². The molecule has 1 nitrogen and oxygen atoms in total. The fourth-order valence-corrected chi connectivity index (χ4v) is 4.78. The molecule has 2 N–H and O–H groups in total. The highest BCUT2D eigenvalue weighted by atomic mass is 14.6. The summed E-state index contributed by atoms with van der Waals surface area (Å²) in [6.07, 6.45) is 6.29. The van der Waals surface area contributed by atoms with Crippen LogP contribution >= 0.6 is 0 Å². The Morgan fingerprint density at radius 3 is 2.11 bits per heavy atom. The summed E-state index contributed by atoms with van der Waals surface area (Å²) >= 11 is 0. The van der Waals surface area contributed by atoms with E-state index in [-0.39, 0.29) is 0 Å². The van der Waals surface area contributed by atoms with Crippen molar-refractivity contribution in [3.63, 3.8) is 0 Å². The molecular weight excluding hydrogens is 326 g/mol. The lowest BCUT2D eigenvalue weighted by Gasteiger charge is -2.18. The molecule has 5 aromatic rings. The molecule has 0 atom stereocenters. The number of benzene rings is 5. The van der Waals surface area contributed by atoms with Gasteiger partial charge in [-0.15, -0.1) is 0 Å². The molecule has 0 fully saturated rings. The molecule has 0 heterocycles. The second kappa shape index (κ2) is 6.42. The molecule has 0 aliphatic heterocycles. The summed E-state index contributed by atoms with van der Waals surface area (Å²) in [6.45, 7) is 2.27. The van der Waals surface area contributed by atoms with Crippen molar-refractivity contribution < 1.29 is 0 Å². The lowest BCUT2D eigenvalue weighted by molar-refractivity contribution is 0.668. The average Bonchev–Trinajstić information content (AvgIpc) is 2.70. The molecule has 0 spiro atoms. The molecule has 0 saturated carbocycles. The quantitative estimate of drug-likeness (QED) is 0.151. The van der Waals surface area contributed by atoms with Gasteiger partial charge in [-0.2, -0.15) is 0 Å². The normalized spacial score (nSPS) is 12.0. The van der Waals surface area contributed by atoms with Crippen molar-refractivity contribution in [2.45, 2.75) is 39.0 Å². The van der Waals surface area contributed by atoms with Gasteiger partial charge in [0.15, 0.2) is 0 Å². The third kappa shape index (κ3) is 2.45. The van der Waals surface area contributed by atoms with Crippen LogP contribution in [-0.4, -0.2) is 0 Å². The first-order chi connectivity index (χ1) is 13.3. The standard InChI is InChI=1S/C26H25N/c1-2-3-4-5-8-18-13-14-19-15-16-22(27)26-21-12-7-10-17-9-6-11-20(23(17)21)24(18)25(19)26/h6-7,9-16H,2-5,8,27H2,1H3. The summed E-state index contributed by atoms with van der Waals surface area (Å²) in [7, 11) is 0. The van der Waals surface area contributed by atoms with E-state index in [4.69, 9.17) is 5.73 Å². The van der Waals surface area contributed by atoms with Crippen LogP contribution in [0.5, 0.6) is 0 Å². The monoisotopic (exact) mass is 351 g/mol. The molecule has 0 aliphatic carbocycles. The summed E-state index contributed by atoms with van der Waals surface area (Å²) in [5, 5.41) is 10.6. The second-order valence-corrected chi connectivity index (χ2v) is 7.75. The van der Waals surface area contributed by atoms with Gasteiger partial charge in [0.1, 0.15) is 0 Å². The highest BCUT2D eigenvalue weighted by Crippen LogP contribution is 2.43. The number of hydrogen-bond donors (Lipinski definition) is 1. The zero-order chi connectivity index (χ0) is 18.4. The van der Waals surface area contributed by atoms with Crippen molar-refractivity contribution in [3.8, 4) is 0 Å². The van der Waals surface area contributed by atoms with E-state index in [1.807, 2.05) is 0 Å². The van der Waals surface area contributed by atoms with E-state index in [1.54, 1.807) is 0 Å². The maximum Gasteiger partial charge on any atom is 0.0400 e. The average molecular weight is 351 g/mol. The molecule has 5 aromatic carbocycles. The summed E-state index contributed by atoms with van der Waals surface area (Å²) in [4.78, 5) is 0. The minimum absolute atomic E-state index is 0.883. The number of fused-ring (bicyclic) bond motifs is 2. The predicted octanol–water partition coefficient (Wildman–Crippen LogP) is 7.44. The van der Waals surface area contributed by atoms with Crippen LogP contribution < -0.4 is 5.73 Å². The van der Waals surface area contributed by atoms with Gasteiger partial charge < -0.3 is 5.73 Å². The molecule has 0 unspecified atom stereocenters. The smallest absolute Gasteiger partial charge is 0.0400 e. The molecule has 0 amide bonds. The molecule has 0 aliphatic rings. The molecule has 134 valence electrons. The first-order valence-electron chi connectivity index (χ1n) is 10.2. The van der Waals surface area contributed by atoms with Crippen LogP contribution in [-0.2, 0) is 6.42 Å². The summed E-state index contributed by atoms with van der Waals surface area (Å²) in [6, 6.07) is 22.2. The molecule has 1 heteroatoms. The van der Waals surface area contributed by atoms with E-state index in [0.29, 0.717) is 0 Å². The maximum absolute atomic E-state index is 6.52. The van der Waals surface area contributed by atoms with Crippen LogP contribution in [0.4, 0.5) is 5.69 Å². The highest BCUT2D eigenvalue weighted by molar-refractivity contribution is 6.35. The Kier molecular flexibility index (Phi) is 3.89. The lowest BCUT2D eigenvalue weighted by Crippen LogP contribution is -1.95. The molecule has 0 saturated heterocycles. The van der Waals surface area contributed by atoms with Crippen molar-refractivity contribution in [2.24, 2.45) is 0 Å². The largest absolute Gasteiger partial charge is 0.398 e. The predicted molar refractivity (Wildman–Crippen MR) is 120 cm³/mol. The van der Waals surface area contributed by atoms with Crippen molar-refractivity contribution in [2.75, 3.05) is 5.73 Å². The zero-order valence-electron chi connectivity index (χ0n) is 15.9. The van der Waals surface area contributed by atoms with E-state index < -0.39 is 0 Å². The van der Waals surface area contributed by atoms with Crippen molar-refractivity contribution in [3.05, 3.63) is 66.2 Å². The Morgan fingerprint density at radius 1 is 0.630 bits per heavy atom. The molecule has 27 heavy (non-hydrogen) atoms. The lowest BCUT2D eigenvalue weighted by atomic mass is 9.86. The second-order valence-electron chi connectivity index (χ2n) is 7.75. The van der Waals surface area contributed by atoms with Crippen molar-refractivity contribution in [1.82, 2.24) is 0 Å². The minimum Gasteiger partial charge on any atom is -0.398 e. The summed E-state index contributed by atoms with van der Waals surface area (Å²) < 4.78 is 0. The number of nitrogen functional groups attached to an aromatic ring is 1. The van der Waals surface area contributed by atoms with E-state index >= 15 is 0 Å².